The van der Waals surface area contributed by atoms with Gasteiger partial charge in [-0.2, -0.15) is 0 Å². The number of halogens is 1. The fourth-order valence-corrected chi connectivity index (χ4v) is 0.949. The zero-order valence-electron chi connectivity index (χ0n) is 5.90. The summed E-state index contributed by atoms with van der Waals surface area (Å²) >= 11 is 0. The average molecular weight is 179 g/mol. The van der Waals surface area contributed by atoms with Gasteiger partial charge in [0.1, 0.15) is 0 Å². The molecular formula is C7H15Br. The number of hydrogen-bond donors (Lipinski definition) is 0. The van der Waals surface area contributed by atoms with Crippen LogP contribution in [0.2, 0.25) is 0 Å². The van der Waals surface area contributed by atoms with E-state index < -0.39 is 0 Å². The fraction of sp³-hybridized carbons (Fsp3) is 1.00. The molecule has 0 aliphatic heterocycles. The van der Waals surface area contributed by atoms with Crippen LogP contribution in [0.15, 0.2) is 0 Å². The average Bonchev–Trinajstić information content (AvgIpc) is 1.99. The third kappa shape index (κ3) is 2.17. The van der Waals surface area contributed by atoms with Gasteiger partial charge in [0, 0.05) is 0 Å². The molecule has 0 N–H and O–H groups in total. The molecule has 0 saturated heterocycles. The van der Waals surface area contributed by atoms with Crippen LogP contribution < -0.4 is 0 Å². The van der Waals surface area contributed by atoms with Crippen molar-refractivity contribution in [2.75, 3.05) is 0 Å². The van der Waals surface area contributed by atoms with Crippen LogP contribution in [0.4, 0.5) is 0 Å². The minimum atomic E-state index is 0. The zero-order chi connectivity index (χ0) is 5.49. The van der Waals surface area contributed by atoms with Gasteiger partial charge in [-0.1, -0.05) is 20.8 Å². The van der Waals surface area contributed by atoms with Gasteiger partial charge in [-0.3, -0.25) is 0 Å². The Morgan fingerprint density at radius 1 is 1.12 bits per heavy atom. The molecule has 1 aliphatic carbocycles. The third-order valence-corrected chi connectivity index (χ3v) is 1.80. The van der Waals surface area contributed by atoms with Gasteiger partial charge in [-0.15, -0.1) is 17.0 Å². The molecule has 0 nitrogen and oxygen atoms in total. The van der Waals surface area contributed by atoms with Gasteiger partial charge in [-0.05, 0) is 24.2 Å². The number of hydrogen-bond acceptors (Lipinski definition) is 0. The van der Waals surface area contributed by atoms with E-state index in [4.69, 9.17) is 0 Å². The lowest BCUT2D eigenvalue weighted by atomic mass is 9.91. The van der Waals surface area contributed by atoms with E-state index in [0.29, 0.717) is 5.41 Å². The first-order chi connectivity index (χ1) is 3.11. The molecule has 0 amide bonds. The zero-order valence-corrected chi connectivity index (χ0v) is 7.61. The Bertz CT molecular complexity index is 66.9. The lowest BCUT2D eigenvalue weighted by Gasteiger charge is -2.15. The molecular weight excluding hydrogens is 164 g/mol. The van der Waals surface area contributed by atoms with Gasteiger partial charge in [-0.25, -0.2) is 0 Å². The molecule has 0 radical (unpaired) electrons. The lowest BCUT2D eigenvalue weighted by Crippen LogP contribution is -2.06. The predicted molar refractivity (Wildman–Crippen MR) is 42.5 cm³/mol. The summed E-state index contributed by atoms with van der Waals surface area (Å²) in [7, 11) is 0. The molecule has 0 unspecified atom stereocenters. The van der Waals surface area contributed by atoms with E-state index in [1.54, 1.807) is 0 Å². The molecule has 0 aromatic carbocycles. The summed E-state index contributed by atoms with van der Waals surface area (Å²) in [5, 5.41) is 0. The predicted octanol–water partition coefficient (Wildman–Crippen LogP) is 3.02. The van der Waals surface area contributed by atoms with Crippen molar-refractivity contribution in [1.82, 2.24) is 0 Å². The smallest absolute Gasteiger partial charge is 0.0354 e. The van der Waals surface area contributed by atoms with Gasteiger partial charge in [0.05, 0.1) is 0 Å². The molecule has 8 heavy (non-hydrogen) atoms. The second kappa shape index (κ2) is 2.38. The van der Waals surface area contributed by atoms with E-state index in [9.17, 15) is 0 Å². The Balaban J connectivity index is 0.000000490. The lowest BCUT2D eigenvalue weighted by molar-refractivity contribution is 0.351. The van der Waals surface area contributed by atoms with Crippen LogP contribution in [-0.2, 0) is 0 Å². The topological polar surface area (TPSA) is 0 Å². The van der Waals surface area contributed by atoms with E-state index in [0.717, 1.165) is 5.92 Å². The van der Waals surface area contributed by atoms with Gasteiger partial charge in [0.2, 0.25) is 0 Å². The van der Waals surface area contributed by atoms with Gasteiger partial charge < -0.3 is 0 Å². The summed E-state index contributed by atoms with van der Waals surface area (Å²) in [6.45, 7) is 6.97. The van der Waals surface area contributed by atoms with Crippen molar-refractivity contribution in [1.29, 1.82) is 0 Å². The van der Waals surface area contributed by atoms with Crippen LogP contribution in [0.25, 0.3) is 0 Å². The molecule has 0 atom stereocenters. The first-order valence-corrected chi connectivity index (χ1v) is 3.11. The molecule has 0 heterocycles. The molecule has 0 aromatic rings. The Hall–Kier alpha value is 0.480. The Morgan fingerprint density at radius 3 is 1.50 bits per heavy atom. The van der Waals surface area contributed by atoms with Crippen LogP contribution in [0.5, 0.6) is 0 Å². The second-order valence-corrected chi connectivity index (χ2v) is 3.64. The first-order valence-electron chi connectivity index (χ1n) is 3.11. The maximum atomic E-state index is 2.32. The van der Waals surface area contributed by atoms with Crippen LogP contribution in [0.1, 0.15) is 33.6 Å². The SMILES string of the molecule is Br.CC(C)(C)C1CC1. The molecule has 1 saturated carbocycles. The summed E-state index contributed by atoms with van der Waals surface area (Å²) in [6.07, 6.45) is 2.95. The normalized spacial score (nSPS) is 19.9. The Morgan fingerprint density at radius 2 is 1.50 bits per heavy atom. The van der Waals surface area contributed by atoms with Gasteiger partial charge >= 0.3 is 0 Å². The highest BCUT2D eigenvalue weighted by Crippen LogP contribution is 2.44. The maximum Gasteiger partial charge on any atom is -0.0354 e. The first kappa shape index (κ1) is 8.48. The van der Waals surface area contributed by atoms with Crippen LogP contribution in [0, 0.1) is 11.3 Å². The van der Waals surface area contributed by atoms with Crippen molar-refractivity contribution in [2.45, 2.75) is 33.6 Å². The van der Waals surface area contributed by atoms with Crippen molar-refractivity contribution in [2.24, 2.45) is 11.3 Å². The van der Waals surface area contributed by atoms with Crippen molar-refractivity contribution < 1.29 is 0 Å². The minimum absolute atomic E-state index is 0. The maximum absolute atomic E-state index is 2.32. The van der Waals surface area contributed by atoms with E-state index in [1.165, 1.54) is 12.8 Å². The quantitative estimate of drug-likeness (QED) is 0.536. The summed E-state index contributed by atoms with van der Waals surface area (Å²) in [6, 6.07) is 0. The molecule has 0 bridgehead atoms. The molecule has 50 valence electrons. The number of rotatable bonds is 0. The van der Waals surface area contributed by atoms with Crippen LogP contribution in [-0.4, -0.2) is 0 Å². The van der Waals surface area contributed by atoms with Crippen molar-refractivity contribution in [3.8, 4) is 0 Å². The third-order valence-electron chi connectivity index (χ3n) is 1.80. The summed E-state index contributed by atoms with van der Waals surface area (Å²) in [5.41, 5.74) is 0.611. The van der Waals surface area contributed by atoms with E-state index in [2.05, 4.69) is 20.8 Å². The molecule has 0 aromatic heterocycles. The van der Waals surface area contributed by atoms with E-state index in [-0.39, 0.29) is 17.0 Å². The Labute approximate surface area is 62.4 Å². The van der Waals surface area contributed by atoms with Crippen molar-refractivity contribution in [3.63, 3.8) is 0 Å². The van der Waals surface area contributed by atoms with E-state index >= 15 is 0 Å². The molecule has 1 rings (SSSR count). The van der Waals surface area contributed by atoms with Gasteiger partial charge in [0.25, 0.3) is 0 Å². The highest BCUT2D eigenvalue weighted by atomic mass is 79.9. The minimum Gasteiger partial charge on any atom is -0.114 e. The molecule has 1 fully saturated rings. The molecule has 1 heteroatoms. The fourth-order valence-electron chi connectivity index (χ4n) is 0.949. The summed E-state index contributed by atoms with van der Waals surface area (Å²) < 4.78 is 0. The molecule has 0 spiro atoms. The Kier molecular flexibility index (Phi) is 2.53. The second-order valence-electron chi connectivity index (χ2n) is 3.64. The van der Waals surface area contributed by atoms with Crippen molar-refractivity contribution in [3.05, 3.63) is 0 Å². The van der Waals surface area contributed by atoms with E-state index in [1.807, 2.05) is 0 Å². The molecule has 1 aliphatic rings. The monoisotopic (exact) mass is 178 g/mol. The summed E-state index contributed by atoms with van der Waals surface area (Å²) in [5.74, 6) is 1.05. The largest absolute Gasteiger partial charge is 0.114 e. The highest BCUT2D eigenvalue weighted by Gasteiger charge is 2.33. The van der Waals surface area contributed by atoms with Gasteiger partial charge in [0.15, 0.2) is 0 Å². The standard InChI is InChI=1S/C7H14.BrH/c1-7(2,3)6-4-5-6;/h6H,4-5H2,1-3H3;1H. The van der Waals surface area contributed by atoms with Crippen LogP contribution in [0.3, 0.4) is 0 Å². The highest BCUT2D eigenvalue weighted by molar-refractivity contribution is 8.93. The van der Waals surface area contributed by atoms with Crippen LogP contribution >= 0.6 is 17.0 Å². The summed E-state index contributed by atoms with van der Waals surface area (Å²) in [4.78, 5) is 0. The van der Waals surface area contributed by atoms with Crippen molar-refractivity contribution >= 4 is 17.0 Å².